The van der Waals surface area contributed by atoms with E-state index in [9.17, 15) is 10.2 Å². The van der Waals surface area contributed by atoms with Gasteiger partial charge in [0.2, 0.25) is 0 Å². The van der Waals surface area contributed by atoms with Crippen LogP contribution in [0.25, 0.3) is 0 Å². The number of aliphatic hydroxyl groups excluding tert-OH is 1. The number of aryl methyl sites for hydroxylation is 2. The van der Waals surface area contributed by atoms with E-state index in [4.69, 9.17) is 4.74 Å². The number of benzene rings is 2. The molecule has 1 heterocycles. The van der Waals surface area contributed by atoms with Crippen LogP contribution in [0.1, 0.15) is 47.6 Å². The topological polar surface area (TPSA) is 52.9 Å². The molecule has 1 aliphatic carbocycles. The number of nitrogens with zero attached hydrogens (tertiary/aromatic N) is 1. The number of hydrogen-bond acceptors (Lipinski definition) is 4. The van der Waals surface area contributed by atoms with Gasteiger partial charge >= 0.3 is 0 Å². The standard InChI is InChI=1S/C23H29NO3/c1-27-22-9-3-2-8-20(22)23(26)12-5-13-24(16-23)15-21(25)19-11-10-17-6-4-7-18(17)14-19/h2-3,8-11,14,21,25-26H,4-7,12-13,15-16H2,1H3/t21-,23+/m1/s1. The second-order valence-electron chi connectivity index (χ2n) is 7.97. The molecule has 27 heavy (non-hydrogen) atoms. The van der Waals surface area contributed by atoms with Crippen molar-refractivity contribution in [3.05, 3.63) is 64.7 Å². The van der Waals surface area contributed by atoms with Crippen LogP contribution < -0.4 is 4.74 Å². The van der Waals surface area contributed by atoms with Crippen LogP contribution in [-0.2, 0) is 18.4 Å². The minimum atomic E-state index is -0.942. The van der Waals surface area contributed by atoms with Gasteiger partial charge in [-0.25, -0.2) is 0 Å². The fourth-order valence-corrected chi connectivity index (χ4v) is 4.68. The summed E-state index contributed by atoms with van der Waals surface area (Å²) in [7, 11) is 1.64. The molecule has 1 saturated heterocycles. The Kier molecular flexibility index (Phi) is 5.22. The zero-order valence-corrected chi connectivity index (χ0v) is 16.0. The lowest BCUT2D eigenvalue weighted by atomic mass is 9.85. The van der Waals surface area contributed by atoms with E-state index >= 15 is 0 Å². The van der Waals surface area contributed by atoms with Gasteiger partial charge in [0.15, 0.2) is 0 Å². The number of methoxy groups -OCH3 is 1. The van der Waals surface area contributed by atoms with Gasteiger partial charge in [-0.15, -0.1) is 0 Å². The maximum atomic E-state index is 11.3. The van der Waals surface area contributed by atoms with Crippen LogP contribution >= 0.6 is 0 Å². The van der Waals surface area contributed by atoms with E-state index < -0.39 is 11.7 Å². The van der Waals surface area contributed by atoms with Crippen LogP contribution in [0.15, 0.2) is 42.5 Å². The largest absolute Gasteiger partial charge is 0.496 e. The second kappa shape index (κ2) is 7.63. The van der Waals surface area contributed by atoms with Crippen LogP contribution in [-0.4, -0.2) is 41.9 Å². The van der Waals surface area contributed by atoms with E-state index in [0.29, 0.717) is 19.5 Å². The molecule has 2 aromatic carbocycles. The third kappa shape index (κ3) is 3.75. The first-order valence-electron chi connectivity index (χ1n) is 9.97. The van der Waals surface area contributed by atoms with Gasteiger partial charge in [0.1, 0.15) is 11.4 Å². The van der Waals surface area contributed by atoms with Crippen LogP contribution in [0.3, 0.4) is 0 Å². The Morgan fingerprint density at radius 3 is 2.78 bits per heavy atom. The molecule has 0 unspecified atom stereocenters. The molecule has 4 nitrogen and oxygen atoms in total. The number of rotatable bonds is 5. The summed E-state index contributed by atoms with van der Waals surface area (Å²) in [4.78, 5) is 2.17. The van der Waals surface area contributed by atoms with Gasteiger partial charge in [0, 0.05) is 18.7 Å². The van der Waals surface area contributed by atoms with Crippen LogP contribution in [0.2, 0.25) is 0 Å². The van der Waals surface area contributed by atoms with Crippen LogP contribution in [0.5, 0.6) is 5.75 Å². The number of fused-ring (bicyclic) bond motifs is 1. The van der Waals surface area contributed by atoms with E-state index in [2.05, 4.69) is 23.1 Å². The SMILES string of the molecule is COc1ccccc1[C@]1(O)CCCN(C[C@@H](O)c2ccc3c(c2)CCC3)C1. The van der Waals surface area contributed by atoms with Crippen molar-refractivity contribution in [2.45, 2.75) is 43.8 Å². The van der Waals surface area contributed by atoms with Gasteiger partial charge in [-0.2, -0.15) is 0 Å². The Hall–Kier alpha value is -1.88. The summed E-state index contributed by atoms with van der Waals surface area (Å²) < 4.78 is 5.46. The molecule has 1 fully saturated rings. The molecule has 2 N–H and O–H groups in total. The average Bonchev–Trinajstić information content (AvgIpc) is 3.16. The van der Waals surface area contributed by atoms with Crippen molar-refractivity contribution in [3.8, 4) is 5.75 Å². The monoisotopic (exact) mass is 367 g/mol. The van der Waals surface area contributed by atoms with Crippen LogP contribution in [0, 0.1) is 0 Å². The minimum absolute atomic E-state index is 0.509. The lowest BCUT2D eigenvalue weighted by Crippen LogP contribution is -2.47. The summed E-state index contributed by atoms with van der Waals surface area (Å²) in [6.45, 7) is 1.94. The zero-order valence-electron chi connectivity index (χ0n) is 16.0. The first-order valence-corrected chi connectivity index (χ1v) is 9.97. The molecule has 0 aromatic heterocycles. The maximum Gasteiger partial charge on any atom is 0.124 e. The molecular weight excluding hydrogens is 338 g/mol. The summed E-state index contributed by atoms with van der Waals surface area (Å²) in [5.41, 5.74) is 3.69. The maximum absolute atomic E-state index is 11.3. The fraction of sp³-hybridized carbons (Fsp3) is 0.478. The van der Waals surface area contributed by atoms with Crippen molar-refractivity contribution in [2.75, 3.05) is 26.7 Å². The molecule has 4 rings (SSSR count). The highest BCUT2D eigenvalue weighted by Crippen LogP contribution is 2.37. The first kappa shape index (κ1) is 18.5. The van der Waals surface area contributed by atoms with E-state index in [0.717, 1.165) is 42.7 Å². The molecule has 1 aliphatic heterocycles. The Balaban J connectivity index is 1.48. The number of piperidine rings is 1. The Labute approximate surface area is 161 Å². The molecule has 0 amide bonds. The predicted molar refractivity (Wildman–Crippen MR) is 106 cm³/mol. The van der Waals surface area contributed by atoms with Crippen molar-refractivity contribution in [1.29, 1.82) is 0 Å². The summed E-state index contributed by atoms with van der Waals surface area (Å²) >= 11 is 0. The molecule has 2 atom stereocenters. The average molecular weight is 367 g/mol. The number of aliphatic hydroxyl groups is 2. The lowest BCUT2D eigenvalue weighted by Gasteiger charge is -2.40. The summed E-state index contributed by atoms with van der Waals surface area (Å²) in [5.74, 6) is 0.723. The summed E-state index contributed by atoms with van der Waals surface area (Å²) in [5, 5.41) is 22.1. The normalized spacial score (nSPS) is 23.8. The van der Waals surface area contributed by atoms with Gasteiger partial charge in [-0.1, -0.05) is 36.4 Å². The van der Waals surface area contributed by atoms with E-state index in [-0.39, 0.29) is 0 Å². The third-order valence-electron chi connectivity index (χ3n) is 6.10. The van der Waals surface area contributed by atoms with Crippen LogP contribution in [0.4, 0.5) is 0 Å². The summed E-state index contributed by atoms with van der Waals surface area (Å²) in [6.07, 6.45) is 4.56. The van der Waals surface area contributed by atoms with Gasteiger partial charge in [0.05, 0.1) is 13.2 Å². The highest BCUT2D eigenvalue weighted by atomic mass is 16.5. The van der Waals surface area contributed by atoms with Gasteiger partial charge in [0.25, 0.3) is 0 Å². The number of para-hydroxylation sites is 1. The van der Waals surface area contributed by atoms with Crippen molar-refractivity contribution in [2.24, 2.45) is 0 Å². The van der Waals surface area contributed by atoms with Crippen molar-refractivity contribution in [1.82, 2.24) is 4.90 Å². The lowest BCUT2D eigenvalue weighted by molar-refractivity contribution is -0.0474. The first-order chi connectivity index (χ1) is 13.1. The van der Waals surface area contributed by atoms with Crippen molar-refractivity contribution in [3.63, 3.8) is 0 Å². The number of likely N-dealkylation sites (tertiary alicyclic amines) is 1. The summed E-state index contributed by atoms with van der Waals surface area (Å²) in [6, 6.07) is 14.1. The molecule has 0 bridgehead atoms. The van der Waals surface area contributed by atoms with E-state index in [1.54, 1.807) is 7.11 Å². The molecule has 2 aromatic rings. The predicted octanol–water partition coefficient (Wildman–Crippen LogP) is 3.20. The van der Waals surface area contributed by atoms with E-state index in [1.807, 2.05) is 24.3 Å². The van der Waals surface area contributed by atoms with E-state index in [1.165, 1.54) is 17.5 Å². The van der Waals surface area contributed by atoms with Gasteiger partial charge in [-0.3, -0.25) is 4.90 Å². The Morgan fingerprint density at radius 1 is 1.11 bits per heavy atom. The van der Waals surface area contributed by atoms with Crippen molar-refractivity contribution >= 4 is 0 Å². The second-order valence-corrected chi connectivity index (χ2v) is 7.97. The van der Waals surface area contributed by atoms with Gasteiger partial charge < -0.3 is 14.9 Å². The third-order valence-corrected chi connectivity index (χ3v) is 6.10. The molecule has 2 aliphatic rings. The molecular formula is C23H29NO3. The Bertz CT molecular complexity index is 806. The van der Waals surface area contributed by atoms with Gasteiger partial charge in [-0.05, 0) is 61.4 Å². The fourth-order valence-electron chi connectivity index (χ4n) is 4.68. The minimum Gasteiger partial charge on any atom is -0.496 e. The molecule has 0 saturated carbocycles. The quantitative estimate of drug-likeness (QED) is 0.852. The zero-order chi connectivity index (χ0) is 18.9. The van der Waals surface area contributed by atoms with Crippen molar-refractivity contribution < 1.29 is 14.9 Å². The number of ether oxygens (including phenoxy) is 1. The smallest absolute Gasteiger partial charge is 0.124 e. The molecule has 4 heteroatoms. The molecule has 0 spiro atoms. The highest BCUT2D eigenvalue weighted by Gasteiger charge is 2.37. The number of hydrogen-bond donors (Lipinski definition) is 2. The molecule has 0 radical (unpaired) electrons. The molecule has 144 valence electrons. The number of β-amino-alcohol motifs (C(OH)–C–C–N with tert-alkyl or cyclic N) is 2. The highest BCUT2D eigenvalue weighted by molar-refractivity contribution is 5.39. The Morgan fingerprint density at radius 2 is 1.93 bits per heavy atom.